The normalized spacial score (nSPS) is 13.3. The van der Waals surface area contributed by atoms with Crippen molar-refractivity contribution in [3.63, 3.8) is 0 Å². The van der Waals surface area contributed by atoms with Crippen LogP contribution >= 0.6 is 0 Å². The highest BCUT2D eigenvalue weighted by Crippen LogP contribution is 2.39. The topological polar surface area (TPSA) is 67.4 Å². The lowest BCUT2D eigenvalue weighted by Crippen LogP contribution is -2.48. The highest BCUT2D eigenvalue weighted by atomic mass is 19.1. The molecule has 0 fully saturated rings. The number of hydrogen-bond donors (Lipinski definition) is 1. The molecule has 9 heteroatoms. The minimum atomic E-state index is -0.701. The second-order valence-corrected chi connectivity index (χ2v) is 10.6. The molecule has 2 aromatic carbocycles. The number of hydrogen-bond acceptors (Lipinski definition) is 3. The Bertz CT molecular complexity index is 1200. The van der Waals surface area contributed by atoms with Crippen molar-refractivity contribution in [1.29, 1.82) is 0 Å². The minimum absolute atomic E-state index is 0.214. The molecule has 0 aliphatic rings. The number of carbonyl (C=O) groups is 1. The van der Waals surface area contributed by atoms with E-state index in [1.165, 1.54) is 29.2 Å². The van der Waals surface area contributed by atoms with Gasteiger partial charge in [-0.3, -0.25) is 0 Å². The van der Waals surface area contributed by atoms with Gasteiger partial charge in [-0.2, -0.15) is 0 Å². The Morgan fingerprint density at radius 3 is 2.30 bits per heavy atom. The number of halogens is 3. The van der Waals surface area contributed by atoms with Gasteiger partial charge in [0, 0.05) is 45.0 Å². The Kier molecular flexibility index (Phi) is 9.02. The summed E-state index contributed by atoms with van der Waals surface area (Å²) in [5, 5.41) is 0. The van der Waals surface area contributed by atoms with E-state index in [2.05, 4.69) is 0 Å². The fourth-order valence-electron chi connectivity index (χ4n) is 4.36. The summed E-state index contributed by atoms with van der Waals surface area (Å²) in [4.78, 5) is 21.5. The van der Waals surface area contributed by atoms with Gasteiger partial charge in [-0.05, 0) is 41.7 Å². The average Bonchev–Trinajstić information content (AvgIpc) is 3.22. The molecule has 37 heavy (non-hydrogen) atoms. The van der Waals surface area contributed by atoms with Crippen LogP contribution < -0.4 is 5.73 Å². The van der Waals surface area contributed by atoms with E-state index in [4.69, 9.17) is 10.7 Å². The van der Waals surface area contributed by atoms with Crippen LogP contribution in [0.4, 0.5) is 18.0 Å². The zero-order chi connectivity index (χ0) is 27.3. The quantitative estimate of drug-likeness (QED) is 0.401. The number of alkyl halides is 1. The van der Waals surface area contributed by atoms with Gasteiger partial charge in [-0.1, -0.05) is 45.0 Å². The first-order valence-corrected chi connectivity index (χ1v) is 12.3. The third kappa shape index (κ3) is 7.13. The van der Waals surface area contributed by atoms with Crippen molar-refractivity contribution in [2.45, 2.75) is 45.8 Å². The van der Waals surface area contributed by atoms with Crippen molar-refractivity contribution in [2.24, 2.45) is 11.1 Å². The molecule has 1 heterocycles. The number of benzene rings is 2. The van der Waals surface area contributed by atoms with Crippen LogP contribution in [0, 0.1) is 17.0 Å². The summed E-state index contributed by atoms with van der Waals surface area (Å²) in [6.07, 6.45) is 2.06. The van der Waals surface area contributed by atoms with Gasteiger partial charge in [0.25, 0.3) is 0 Å². The first kappa shape index (κ1) is 28.2. The van der Waals surface area contributed by atoms with E-state index in [1.54, 1.807) is 43.4 Å². The van der Waals surface area contributed by atoms with Crippen molar-refractivity contribution in [3.8, 4) is 11.3 Å². The summed E-state index contributed by atoms with van der Waals surface area (Å²) in [5.74, 6) is -0.197. The molecule has 3 aromatic rings. The molecule has 2 amide bonds. The molecule has 2 atom stereocenters. The molecule has 2 unspecified atom stereocenters. The second-order valence-electron chi connectivity index (χ2n) is 10.6. The maximum atomic E-state index is 14.1. The van der Waals surface area contributed by atoms with Crippen LogP contribution in [0.15, 0.2) is 54.7 Å². The maximum absolute atomic E-state index is 14.1. The van der Waals surface area contributed by atoms with E-state index in [1.807, 2.05) is 31.4 Å². The molecule has 2 N–H and O–H groups in total. The van der Waals surface area contributed by atoms with Gasteiger partial charge >= 0.3 is 6.03 Å². The summed E-state index contributed by atoms with van der Waals surface area (Å²) in [6, 6.07) is 10.9. The lowest BCUT2D eigenvalue weighted by Gasteiger charge is -2.41. The van der Waals surface area contributed by atoms with Gasteiger partial charge in [0.1, 0.15) is 24.1 Å². The zero-order valence-electron chi connectivity index (χ0n) is 22.1. The molecule has 0 saturated heterocycles. The van der Waals surface area contributed by atoms with Gasteiger partial charge in [0.15, 0.2) is 0 Å². The van der Waals surface area contributed by atoms with E-state index in [9.17, 15) is 18.0 Å². The van der Waals surface area contributed by atoms with Crippen LogP contribution in [0.3, 0.4) is 0 Å². The van der Waals surface area contributed by atoms with Gasteiger partial charge in [-0.25, -0.2) is 22.9 Å². The summed E-state index contributed by atoms with van der Waals surface area (Å²) < 4.78 is 43.1. The lowest BCUT2D eigenvalue weighted by atomic mass is 9.84. The predicted octanol–water partition coefficient (Wildman–Crippen LogP) is 5.63. The SMILES string of the molecule is CN(C)C(=O)N(CCC(N)CF)C(c1nc(-c2cccc(F)c2)cn1Cc1cccc(F)c1)C(C)(C)C. The molecule has 1 aromatic heterocycles. The highest BCUT2D eigenvalue weighted by Gasteiger charge is 2.39. The molecular weight excluding hydrogens is 479 g/mol. The van der Waals surface area contributed by atoms with E-state index in [-0.39, 0.29) is 31.4 Å². The Morgan fingerprint density at radius 2 is 1.73 bits per heavy atom. The smallest absolute Gasteiger partial charge is 0.320 e. The van der Waals surface area contributed by atoms with E-state index >= 15 is 0 Å². The second kappa shape index (κ2) is 11.8. The summed E-state index contributed by atoms with van der Waals surface area (Å²) in [5.41, 5.74) is 7.18. The van der Waals surface area contributed by atoms with Crippen molar-refractivity contribution in [3.05, 3.63) is 77.8 Å². The Hall–Kier alpha value is -3.33. The number of nitrogens with zero attached hydrogens (tertiary/aromatic N) is 4. The van der Waals surface area contributed by atoms with Crippen LogP contribution in [-0.2, 0) is 6.54 Å². The van der Waals surface area contributed by atoms with Gasteiger partial charge < -0.3 is 20.1 Å². The number of urea groups is 1. The lowest BCUT2D eigenvalue weighted by molar-refractivity contribution is 0.0899. The van der Waals surface area contributed by atoms with Crippen LogP contribution in [0.1, 0.15) is 44.6 Å². The Balaban J connectivity index is 2.19. The molecule has 0 aliphatic heterocycles. The molecule has 6 nitrogen and oxygen atoms in total. The average molecular weight is 516 g/mol. The largest absolute Gasteiger partial charge is 0.331 e. The van der Waals surface area contributed by atoms with E-state index in [0.29, 0.717) is 22.6 Å². The summed E-state index contributed by atoms with van der Waals surface area (Å²) in [6.45, 7) is 5.79. The third-order valence-electron chi connectivity index (χ3n) is 6.11. The van der Waals surface area contributed by atoms with Gasteiger partial charge in [-0.15, -0.1) is 0 Å². The maximum Gasteiger partial charge on any atom is 0.320 e. The highest BCUT2D eigenvalue weighted by molar-refractivity contribution is 5.74. The first-order chi connectivity index (χ1) is 17.4. The van der Waals surface area contributed by atoms with Crippen molar-refractivity contribution < 1.29 is 18.0 Å². The number of carbonyl (C=O) groups excluding carboxylic acids is 1. The minimum Gasteiger partial charge on any atom is -0.331 e. The fourth-order valence-corrected chi connectivity index (χ4v) is 4.36. The van der Waals surface area contributed by atoms with Crippen LogP contribution in [0.25, 0.3) is 11.3 Å². The molecule has 0 aliphatic carbocycles. The molecule has 3 rings (SSSR count). The first-order valence-electron chi connectivity index (χ1n) is 12.3. The van der Waals surface area contributed by atoms with Crippen LogP contribution in [-0.4, -0.2) is 58.7 Å². The standard InChI is InChI=1S/C28H36F3N5O/c1-28(2,3)25(36(27(37)34(4)5)13-12-23(32)16-29)26-33-24(20-9-7-11-22(31)15-20)18-35(26)17-19-8-6-10-21(30)14-19/h6-11,14-15,18,23,25H,12-13,16-17,32H2,1-5H3. The van der Waals surface area contributed by atoms with E-state index in [0.717, 1.165) is 0 Å². The molecule has 0 saturated carbocycles. The monoisotopic (exact) mass is 515 g/mol. The predicted molar refractivity (Wildman–Crippen MR) is 140 cm³/mol. The molecule has 0 bridgehead atoms. The number of aromatic nitrogens is 2. The molecule has 0 radical (unpaired) electrons. The van der Waals surface area contributed by atoms with Crippen molar-refractivity contribution >= 4 is 6.03 Å². The zero-order valence-corrected chi connectivity index (χ0v) is 22.1. The summed E-state index contributed by atoms with van der Waals surface area (Å²) in [7, 11) is 3.31. The van der Waals surface area contributed by atoms with Crippen LogP contribution in [0.2, 0.25) is 0 Å². The number of rotatable bonds is 9. The van der Waals surface area contributed by atoms with Crippen molar-refractivity contribution in [1.82, 2.24) is 19.4 Å². The van der Waals surface area contributed by atoms with Gasteiger partial charge in [0.05, 0.1) is 11.7 Å². The molecular formula is C28H36F3N5O. The van der Waals surface area contributed by atoms with Crippen molar-refractivity contribution in [2.75, 3.05) is 27.3 Å². The summed E-state index contributed by atoms with van der Waals surface area (Å²) >= 11 is 0. The Morgan fingerprint density at radius 1 is 1.08 bits per heavy atom. The van der Waals surface area contributed by atoms with E-state index < -0.39 is 30.0 Å². The Labute approximate surface area is 216 Å². The number of nitrogens with two attached hydrogens (primary N) is 1. The van der Waals surface area contributed by atoms with Crippen LogP contribution in [0.5, 0.6) is 0 Å². The molecule has 0 spiro atoms. The molecule has 200 valence electrons. The van der Waals surface area contributed by atoms with Gasteiger partial charge in [0.2, 0.25) is 0 Å². The fraction of sp³-hybridized carbons (Fsp3) is 0.429. The third-order valence-corrected chi connectivity index (χ3v) is 6.11. The number of imidazole rings is 1. The number of amides is 2.